The highest BCUT2D eigenvalue weighted by Crippen LogP contribution is 2.33. The number of nitrogens with two attached hydrogens (primary N) is 1. The topological polar surface area (TPSA) is 26.0 Å². The molecule has 1 fully saturated rings. The Hall–Kier alpha value is 0.250. The lowest BCUT2D eigenvalue weighted by molar-refractivity contribution is 0.245. The first kappa shape index (κ1) is 9.34. The lowest BCUT2D eigenvalue weighted by Gasteiger charge is -2.35. The molecular formula is C9H18ClN. The maximum Gasteiger partial charge on any atom is 0.0376 e. The van der Waals surface area contributed by atoms with Gasteiger partial charge in [-0.25, -0.2) is 0 Å². The van der Waals surface area contributed by atoms with E-state index in [1.807, 2.05) is 0 Å². The summed E-state index contributed by atoms with van der Waals surface area (Å²) >= 11 is 6.10. The molecule has 66 valence electrons. The Morgan fingerprint density at radius 2 is 2.09 bits per heavy atom. The standard InChI is InChI=1S/C9H18ClN/c1-3-7-4-6(2)8(10)5-9(7)11/h6-9H,3-5,11H2,1-2H3/t6-,7?,8?,9?/m0/s1. The summed E-state index contributed by atoms with van der Waals surface area (Å²) in [4.78, 5) is 0. The van der Waals surface area contributed by atoms with Gasteiger partial charge in [0.2, 0.25) is 0 Å². The molecule has 0 aromatic carbocycles. The van der Waals surface area contributed by atoms with Crippen molar-refractivity contribution in [2.75, 3.05) is 0 Å². The second-order valence-corrected chi connectivity index (χ2v) is 4.36. The van der Waals surface area contributed by atoms with E-state index in [1.54, 1.807) is 0 Å². The summed E-state index contributed by atoms with van der Waals surface area (Å²) in [5.41, 5.74) is 5.96. The minimum absolute atomic E-state index is 0.313. The first-order valence-corrected chi connectivity index (χ1v) is 4.98. The predicted molar refractivity (Wildman–Crippen MR) is 49.8 cm³/mol. The van der Waals surface area contributed by atoms with Crippen LogP contribution in [0, 0.1) is 11.8 Å². The van der Waals surface area contributed by atoms with E-state index in [9.17, 15) is 0 Å². The van der Waals surface area contributed by atoms with Crippen LogP contribution in [0.2, 0.25) is 0 Å². The summed E-state index contributed by atoms with van der Waals surface area (Å²) in [6.45, 7) is 4.44. The Morgan fingerprint density at radius 3 is 2.64 bits per heavy atom. The first-order valence-electron chi connectivity index (χ1n) is 4.54. The molecule has 1 saturated carbocycles. The number of halogens is 1. The van der Waals surface area contributed by atoms with Crippen LogP contribution < -0.4 is 5.73 Å². The van der Waals surface area contributed by atoms with Crippen LogP contribution in [0.15, 0.2) is 0 Å². The van der Waals surface area contributed by atoms with Crippen LogP contribution >= 0.6 is 11.6 Å². The molecule has 3 unspecified atom stereocenters. The molecule has 1 rings (SSSR count). The molecule has 0 saturated heterocycles. The van der Waals surface area contributed by atoms with Crippen LogP contribution in [0.4, 0.5) is 0 Å². The zero-order valence-electron chi connectivity index (χ0n) is 7.39. The van der Waals surface area contributed by atoms with Gasteiger partial charge in [0.1, 0.15) is 0 Å². The summed E-state index contributed by atoms with van der Waals surface area (Å²) in [5.74, 6) is 1.36. The second-order valence-electron chi connectivity index (χ2n) is 3.80. The van der Waals surface area contributed by atoms with E-state index in [0.29, 0.717) is 23.3 Å². The van der Waals surface area contributed by atoms with Gasteiger partial charge in [-0.1, -0.05) is 20.3 Å². The molecule has 2 heteroatoms. The zero-order chi connectivity index (χ0) is 8.43. The minimum Gasteiger partial charge on any atom is -0.327 e. The fourth-order valence-corrected chi connectivity index (χ4v) is 2.26. The molecule has 11 heavy (non-hydrogen) atoms. The highest BCUT2D eigenvalue weighted by atomic mass is 35.5. The van der Waals surface area contributed by atoms with Gasteiger partial charge in [0.15, 0.2) is 0 Å². The molecule has 1 nitrogen and oxygen atoms in total. The first-order chi connectivity index (χ1) is 5.15. The lowest BCUT2D eigenvalue weighted by atomic mass is 9.78. The van der Waals surface area contributed by atoms with Gasteiger partial charge >= 0.3 is 0 Å². The van der Waals surface area contributed by atoms with Crippen molar-refractivity contribution in [2.24, 2.45) is 17.6 Å². The van der Waals surface area contributed by atoms with Crippen molar-refractivity contribution in [3.05, 3.63) is 0 Å². The van der Waals surface area contributed by atoms with Crippen LogP contribution in [0.5, 0.6) is 0 Å². The molecular weight excluding hydrogens is 158 g/mol. The van der Waals surface area contributed by atoms with Crippen LogP contribution in [-0.4, -0.2) is 11.4 Å². The minimum atomic E-state index is 0.313. The Morgan fingerprint density at radius 1 is 1.45 bits per heavy atom. The fourth-order valence-electron chi connectivity index (χ4n) is 1.95. The van der Waals surface area contributed by atoms with E-state index in [-0.39, 0.29) is 0 Å². The Kier molecular flexibility index (Phi) is 3.20. The molecule has 0 radical (unpaired) electrons. The molecule has 4 atom stereocenters. The molecule has 1 aliphatic rings. The monoisotopic (exact) mass is 175 g/mol. The van der Waals surface area contributed by atoms with Crippen molar-refractivity contribution in [1.29, 1.82) is 0 Å². The van der Waals surface area contributed by atoms with Gasteiger partial charge in [0.05, 0.1) is 0 Å². The van der Waals surface area contributed by atoms with Crippen molar-refractivity contribution in [3.63, 3.8) is 0 Å². The smallest absolute Gasteiger partial charge is 0.0376 e. The van der Waals surface area contributed by atoms with E-state index in [2.05, 4.69) is 13.8 Å². The molecule has 2 N–H and O–H groups in total. The molecule has 0 amide bonds. The summed E-state index contributed by atoms with van der Waals surface area (Å²) in [7, 11) is 0. The lowest BCUT2D eigenvalue weighted by Crippen LogP contribution is -2.40. The van der Waals surface area contributed by atoms with Crippen LogP contribution in [0.1, 0.15) is 33.1 Å². The molecule has 0 aliphatic heterocycles. The Bertz CT molecular complexity index is 127. The van der Waals surface area contributed by atoms with Crippen LogP contribution in [0.25, 0.3) is 0 Å². The van der Waals surface area contributed by atoms with E-state index in [1.165, 1.54) is 12.8 Å². The predicted octanol–water partition coefficient (Wildman–Crippen LogP) is 2.38. The van der Waals surface area contributed by atoms with Gasteiger partial charge in [-0.3, -0.25) is 0 Å². The quantitative estimate of drug-likeness (QED) is 0.609. The SMILES string of the molecule is CCC1C[C@H](C)C(Cl)CC1N. The van der Waals surface area contributed by atoms with E-state index < -0.39 is 0 Å². The normalized spacial score (nSPS) is 45.8. The fraction of sp³-hybridized carbons (Fsp3) is 1.00. The van der Waals surface area contributed by atoms with Gasteiger partial charge in [0.25, 0.3) is 0 Å². The summed E-state index contributed by atoms with van der Waals surface area (Å²) in [5, 5.41) is 0.313. The number of hydrogen-bond donors (Lipinski definition) is 1. The highest BCUT2D eigenvalue weighted by molar-refractivity contribution is 6.20. The largest absolute Gasteiger partial charge is 0.327 e. The highest BCUT2D eigenvalue weighted by Gasteiger charge is 2.30. The molecule has 0 aromatic heterocycles. The summed E-state index contributed by atoms with van der Waals surface area (Å²) < 4.78 is 0. The van der Waals surface area contributed by atoms with Crippen molar-refractivity contribution in [3.8, 4) is 0 Å². The Balaban J connectivity index is 2.48. The third kappa shape index (κ3) is 2.09. The molecule has 0 bridgehead atoms. The van der Waals surface area contributed by atoms with Gasteiger partial charge in [-0.05, 0) is 24.7 Å². The van der Waals surface area contributed by atoms with Gasteiger partial charge in [-0.2, -0.15) is 0 Å². The van der Waals surface area contributed by atoms with E-state index >= 15 is 0 Å². The molecule has 0 aromatic rings. The number of rotatable bonds is 1. The average Bonchev–Trinajstić information content (AvgIpc) is 1.97. The van der Waals surface area contributed by atoms with Crippen molar-refractivity contribution in [1.82, 2.24) is 0 Å². The molecule has 0 heterocycles. The summed E-state index contributed by atoms with van der Waals surface area (Å²) in [6.07, 6.45) is 3.42. The van der Waals surface area contributed by atoms with E-state index in [4.69, 9.17) is 17.3 Å². The average molecular weight is 176 g/mol. The zero-order valence-corrected chi connectivity index (χ0v) is 8.14. The van der Waals surface area contributed by atoms with Gasteiger partial charge in [-0.15, -0.1) is 11.6 Å². The van der Waals surface area contributed by atoms with Gasteiger partial charge < -0.3 is 5.73 Å². The van der Waals surface area contributed by atoms with Crippen molar-refractivity contribution in [2.45, 2.75) is 44.5 Å². The van der Waals surface area contributed by atoms with E-state index in [0.717, 1.165) is 6.42 Å². The number of hydrogen-bond acceptors (Lipinski definition) is 1. The van der Waals surface area contributed by atoms with Crippen LogP contribution in [0.3, 0.4) is 0 Å². The summed E-state index contributed by atoms with van der Waals surface area (Å²) in [6, 6.07) is 0.346. The second kappa shape index (κ2) is 3.77. The van der Waals surface area contributed by atoms with Crippen molar-refractivity contribution < 1.29 is 0 Å². The van der Waals surface area contributed by atoms with Gasteiger partial charge in [0, 0.05) is 11.4 Å². The van der Waals surface area contributed by atoms with Crippen molar-refractivity contribution >= 4 is 11.6 Å². The third-order valence-electron chi connectivity index (χ3n) is 2.92. The third-order valence-corrected chi connectivity index (χ3v) is 3.53. The number of alkyl halides is 1. The molecule has 1 aliphatic carbocycles. The maximum atomic E-state index is 6.10. The molecule has 0 spiro atoms. The van der Waals surface area contributed by atoms with Crippen LogP contribution in [-0.2, 0) is 0 Å². The Labute approximate surface area is 74.3 Å². The maximum absolute atomic E-state index is 6.10.